The number of hydrazone groups is 1. The number of hydrogen-bond donors (Lipinski definition) is 0. The Kier molecular flexibility index (Phi) is 2.96. The first-order chi connectivity index (χ1) is 7.70. The van der Waals surface area contributed by atoms with Gasteiger partial charge in [0.05, 0.1) is 24.4 Å². The number of carbonyl (C=O) groups excluding carboxylic acids is 1. The van der Waals surface area contributed by atoms with E-state index in [0.717, 1.165) is 0 Å². The molecule has 1 aliphatic heterocycles. The van der Waals surface area contributed by atoms with Crippen LogP contribution in [-0.2, 0) is 9.53 Å². The molecule has 0 aliphatic carbocycles. The lowest BCUT2D eigenvalue weighted by Crippen LogP contribution is -2.19. The highest BCUT2D eigenvalue weighted by atomic mass is 19.1. The molecule has 1 aromatic rings. The van der Waals surface area contributed by atoms with Gasteiger partial charge < -0.3 is 4.74 Å². The predicted octanol–water partition coefficient (Wildman–Crippen LogP) is 1.56. The van der Waals surface area contributed by atoms with Crippen molar-refractivity contribution in [3.05, 3.63) is 30.1 Å². The van der Waals surface area contributed by atoms with Gasteiger partial charge in [0.1, 0.15) is 5.82 Å². The number of methoxy groups -OCH3 is 1. The van der Waals surface area contributed by atoms with Gasteiger partial charge in [0.2, 0.25) is 0 Å². The van der Waals surface area contributed by atoms with Gasteiger partial charge >= 0.3 is 0 Å². The number of hydrogen-bond acceptors (Lipinski definition) is 3. The largest absolute Gasteiger partial charge is 0.379 e. The lowest BCUT2D eigenvalue weighted by molar-refractivity contribution is -0.116. The molecule has 84 valence electrons. The molecule has 1 aromatic carbocycles. The maximum absolute atomic E-state index is 12.7. The molecule has 0 saturated carbocycles. The Morgan fingerprint density at radius 2 is 2.12 bits per heavy atom. The van der Waals surface area contributed by atoms with E-state index in [1.165, 1.54) is 29.3 Å². The van der Waals surface area contributed by atoms with Crippen molar-refractivity contribution in [2.24, 2.45) is 5.10 Å². The Balaban J connectivity index is 2.21. The molecule has 1 heterocycles. The summed E-state index contributed by atoms with van der Waals surface area (Å²) in [6.07, 6.45) is 0.255. The summed E-state index contributed by atoms with van der Waals surface area (Å²) in [7, 11) is 1.55. The number of amides is 1. The first kappa shape index (κ1) is 10.8. The van der Waals surface area contributed by atoms with Crippen molar-refractivity contribution >= 4 is 17.3 Å². The van der Waals surface area contributed by atoms with Crippen LogP contribution in [0, 0.1) is 5.82 Å². The van der Waals surface area contributed by atoms with Crippen molar-refractivity contribution in [2.45, 2.75) is 6.42 Å². The first-order valence-corrected chi connectivity index (χ1v) is 4.84. The summed E-state index contributed by atoms with van der Waals surface area (Å²) in [5.41, 5.74) is 1.24. The summed E-state index contributed by atoms with van der Waals surface area (Å²) < 4.78 is 17.6. The number of benzene rings is 1. The fourth-order valence-corrected chi connectivity index (χ4v) is 1.51. The number of carbonyl (C=O) groups is 1. The van der Waals surface area contributed by atoms with Crippen LogP contribution in [0.15, 0.2) is 29.4 Å². The zero-order valence-corrected chi connectivity index (χ0v) is 8.81. The minimum absolute atomic E-state index is 0.126. The van der Waals surface area contributed by atoms with Crippen LogP contribution in [0.3, 0.4) is 0 Å². The van der Waals surface area contributed by atoms with Crippen LogP contribution in [0.5, 0.6) is 0 Å². The third-order valence-electron chi connectivity index (χ3n) is 2.22. The van der Waals surface area contributed by atoms with Crippen LogP contribution in [0.2, 0.25) is 0 Å². The molecule has 2 rings (SSSR count). The van der Waals surface area contributed by atoms with Crippen molar-refractivity contribution in [2.75, 3.05) is 18.7 Å². The molecule has 0 aromatic heterocycles. The quantitative estimate of drug-likeness (QED) is 0.778. The van der Waals surface area contributed by atoms with Crippen LogP contribution in [-0.4, -0.2) is 25.3 Å². The maximum atomic E-state index is 12.7. The fourth-order valence-electron chi connectivity index (χ4n) is 1.51. The summed E-state index contributed by atoms with van der Waals surface area (Å²) in [4.78, 5) is 11.6. The molecule has 0 N–H and O–H groups in total. The van der Waals surface area contributed by atoms with Gasteiger partial charge in [-0.25, -0.2) is 9.40 Å². The van der Waals surface area contributed by atoms with E-state index in [1.807, 2.05) is 0 Å². The lowest BCUT2D eigenvalue weighted by Gasteiger charge is -2.10. The van der Waals surface area contributed by atoms with E-state index in [0.29, 0.717) is 18.0 Å². The third-order valence-corrected chi connectivity index (χ3v) is 2.22. The average molecular weight is 222 g/mol. The van der Waals surface area contributed by atoms with Gasteiger partial charge in [-0.1, -0.05) is 0 Å². The topological polar surface area (TPSA) is 41.9 Å². The Labute approximate surface area is 92.3 Å². The highest BCUT2D eigenvalue weighted by Gasteiger charge is 2.24. The summed E-state index contributed by atoms with van der Waals surface area (Å²) in [5, 5.41) is 5.38. The SMILES string of the molecule is COCC1=NN(c2ccc(F)cc2)C(=O)C1. The van der Waals surface area contributed by atoms with Crippen molar-refractivity contribution in [1.82, 2.24) is 0 Å². The molecule has 0 unspecified atom stereocenters. The minimum Gasteiger partial charge on any atom is -0.379 e. The van der Waals surface area contributed by atoms with Gasteiger partial charge in [-0.2, -0.15) is 5.10 Å². The predicted molar refractivity (Wildman–Crippen MR) is 57.8 cm³/mol. The molecular weight excluding hydrogens is 211 g/mol. The highest BCUT2D eigenvalue weighted by molar-refractivity contribution is 6.13. The first-order valence-electron chi connectivity index (χ1n) is 4.84. The van der Waals surface area contributed by atoms with Crippen LogP contribution in [0.4, 0.5) is 10.1 Å². The van der Waals surface area contributed by atoms with E-state index in [4.69, 9.17) is 4.74 Å². The standard InChI is InChI=1S/C11H11FN2O2/c1-16-7-9-6-11(15)14(13-9)10-4-2-8(12)3-5-10/h2-5H,6-7H2,1H3. The smallest absolute Gasteiger partial charge is 0.253 e. The van der Waals surface area contributed by atoms with Crippen LogP contribution < -0.4 is 5.01 Å². The molecule has 0 spiro atoms. The Hall–Kier alpha value is -1.75. The van der Waals surface area contributed by atoms with Gasteiger partial charge in [-0.15, -0.1) is 0 Å². The summed E-state index contributed by atoms with van der Waals surface area (Å²) >= 11 is 0. The van der Waals surface area contributed by atoms with E-state index < -0.39 is 0 Å². The molecule has 16 heavy (non-hydrogen) atoms. The number of rotatable bonds is 3. The average Bonchev–Trinajstić information content (AvgIpc) is 2.61. The van der Waals surface area contributed by atoms with Gasteiger partial charge in [0.15, 0.2) is 0 Å². The molecule has 0 atom stereocenters. The Bertz CT molecular complexity index is 428. The molecule has 4 nitrogen and oxygen atoms in total. The second kappa shape index (κ2) is 4.40. The van der Waals surface area contributed by atoms with Gasteiger partial charge in [0.25, 0.3) is 5.91 Å². The van der Waals surface area contributed by atoms with E-state index in [-0.39, 0.29) is 18.1 Å². The molecule has 0 fully saturated rings. The van der Waals surface area contributed by atoms with Crippen LogP contribution >= 0.6 is 0 Å². The number of anilines is 1. The van der Waals surface area contributed by atoms with Gasteiger partial charge in [0, 0.05) is 7.11 Å². The molecular formula is C11H11FN2O2. The van der Waals surface area contributed by atoms with Crippen LogP contribution in [0.1, 0.15) is 6.42 Å². The maximum Gasteiger partial charge on any atom is 0.253 e. The zero-order chi connectivity index (χ0) is 11.5. The number of halogens is 1. The Morgan fingerprint density at radius 3 is 2.75 bits per heavy atom. The van der Waals surface area contributed by atoms with Crippen molar-refractivity contribution in [3.63, 3.8) is 0 Å². The van der Waals surface area contributed by atoms with E-state index in [9.17, 15) is 9.18 Å². The van der Waals surface area contributed by atoms with E-state index in [1.54, 1.807) is 7.11 Å². The minimum atomic E-state index is -0.337. The van der Waals surface area contributed by atoms with Gasteiger partial charge in [-0.05, 0) is 24.3 Å². The van der Waals surface area contributed by atoms with Gasteiger partial charge in [-0.3, -0.25) is 4.79 Å². The van der Waals surface area contributed by atoms with E-state index in [2.05, 4.69) is 5.10 Å². The molecule has 0 bridgehead atoms. The second-order valence-electron chi connectivity index (χ2n) is 3.46. The summed E-state index contributed by atoms with van der Waals surface area (Å²) in [5.74, 6) is -0.463. The second-order valence-corrected chi connectivity index (χ2v) is 3.46. The fraction of sp³-hybridized carbons (Fsp3) is 0.273. The number of ether oxygens (including phenoxy) is 1. The van der Waals surface area contributed by atoms with E-state index >= 15 is 0 Å². The van der Waals surface area contributed by atoms with Crippen molar-refractivity contribution < 1.29 is 13.9 Å². The Morgan fingerprint density at radius 1 is 1.44 bits per heavy atom. The number of nitrogens with zero attached hydrogens (tertiary/aromatic N) is 2. The van der Waals surface area contributed by atoms with Crippen molar-refractivity contribution in [3.8, 4) is 0 Å². The lowest BCUT2D eigenvalue weighted by atomic mass is 10.2. The summed E-state index contributed by atoms with van der Waals surface area (Å²) in [6, 6.07) is 5.64. The zero-order valence-electron chi connectivity index (χ0n) is 8.81. The van der Waals surface area contributed by atoms with Crippen LogP contribution in [0.25, 0.3) is 0 Å². The molecule has 0 radical (unpaired) electrons. The molecule has 1 amide bonds. The molecule has 0 saturated heterocycles. The molecule has 1 aliphatic rings. The van der Waals surface area contributed by atoms with Crippen molar-refractivity contribution in [1.29, 1.82) is 0 Å². The monoisotopic (exact) mass is 222 g/mol. The highest BCUT2D eigenvalue weighted by Crippen LogP contribution is 2.20. The normalized spacial score (nSPS) is 15.5. The third kappa shape index (κ3) is 2.09. The summed E-state index contributed by atoms with van der Waals surface area (Å²) in [6.45, 7) is 0.337. The molecule has 5 heteroatoms.